The number of aromatic nitrogens is 1. The van der Waals surface area contributed by atoms with E-state index in [1.54, 1.807) is 31.1 Å². The van der Waals surface area contributed by atoms with Gasteiger partial charge >= 0.3 is 0 Å². The van der Waals surface area contributed by atoms with Crippen molar-refractivity contribution in [3.8, 4) is 11.5 Å². The minimum atomic E-state index is -1.14. The van der Waals surface area contributed by atoms with Gasteiger partial charge in [-0.2, -0.15) is 0 Å². The highest BCUT2D eigenvalue weighted by atomic mass is 19.1. The number of anilines is 4. The van der Waals surface area contributed by atoms with E-state index >= 15 is 8.78 Å². The molecule has 0 bridgehead atoms. The normalized spacial score (nSPS) is 13.9. The third-order valence-corrected chi connectivity index (χ3v) is 8.91. The van der Waals surface area contributed by atoms with Gasteiger partial charge in [0, 0.05) is 74.9 Å². The Morgan fingerprint density at radius 3 is 2.18 bits per heavy atom. The van der Waals surface area contributed by atoms with Gasteiger partial charge in [0.25, 0.3) is 0 Å². The molecule has 1 unspecified atom stereocenters. The third kappa shape index (κ3) is 7.88. The largest absolute Gasteiger partial charge is 0.494 e. The number of piperazine rings is 1. The average molecular weight is 691 g/mol. The molecular weight excluding hydrogens is 646 g/mol. The molecule has 11 nitrogen and oxygen atoms in total. The first-order chi connectivity index (χ1) is 23.9. The van der Waals surface area contributed by atoms with Gasteiger partial charge in [0.15, 0.2) is 28.9 Å². The number of allylic oxidation sites excluding steroid dienone is 1. The smallest absolute Gasteiger partial charge is 0.247 e. The van der Waals surface area contributed by atoms with E-state index in [0.717, 1.165) is 23.7 Å². The minimum absolute atomic E-state index is 0.00776. The zero-order chi connectivity index (χ0) is 36.7. The summed E-state index contributed by atoms with van der Waals surface area (Å²) in [4.78, 5) is 46.7. The SMILES string of the molecule is C=CC(=O)Nc1cc(N2CCN(C(C)=O)CC2)ccc1Nc1cc(/C(NC)=C(\C)C(=O)c2c(F)c(OC)cc(OC)c2F)c(C(C)CC)cn1. The van der Waals surface area contributed by atoms with E-state index in [2.05, 4.69) is 32.4 Å². The molecule has 0 saturated carbocycles. The van der Waals surface area contributed by atoms with Crippen LogP contribution in [0.1, 0.15) is 61.5 Å². The molecule has 1 fully saturated rings. The lowest BCUT2D eigenvalue weighted by Crippen LogP contribution is -2.48. The number of nitrogens with zero attached hydrogens (tertiary/aromatic N) is 3. The predicted octanol–water partition coefficient (Wildman–Crippen LogP) is 6.26. The number of ketones is 1. The summed E-state index contributed by atoms with van der Waals surface area (Å²) in [7, 11) is 4.05. The van der Waals surface area contributed by atoms with Crippen molar-refractivity contribution in [2.24, 2.45) is 0 Å². The zero-order valence-corrected chi connectivity index (χ0v) is 29.5. The van der Waals surface area contributed by atoms with Crippen LogP contribution in [0.15, 0.2) is 54.8 Å². The Hall–Kier alpha value is -5.46. The van der Waals surface area contributed by atoms with Crippen molar-refractivity contribution in [3.05, 3.63) is 83.1 Å². The van der Waals surface area contributed by atoms with Crippen LogP contribution in [0.5, 0.6) is 11.5 Å². The van der Waals surface area contributed by atoms with E-state index in [9.17, 15) is 14.4 Å². The average Bonchev–Trinajstić information content (AvgIpc) is 3.12. The second-order valence-corrected chi connectivity index (χ2v) is 11.9. The van der Waals surface area contributed by atoms with E-state index in [4.69, 9.17) is 9.47 Å². The Bertz CT molecular complexity index is 1790. The van der Waals surface area contributed by atoms with Crippen LogP contribution in [0.2, 0.25) is 0 Å². The Morgan fingerprint density at radius 2 is 1.64 bits per heavy atom. The highest BCUT2D eigenvalue weighted by molar-refractivity contribution is 6.13. The summed E-state index contributed by atoms with van der Waals surface area (Å²) in [5.74, 6) is -3.80. The number of carbonyl (C=O) groups excluding carboxylic acids is 3. The minimum Gasteiger partial charge on any atom is -0.494 e. The summed E-state index contributed by atoms with van der Waals surface area (Å²) in [5.41, 5.74) is 2.88. The summed E-state index contributed by atoms with van der Waals surface area (Å²) >= 11 is 0. The summed E-state index contributed by atoms with van der Waals surface area (Å²) in [6.07, 6.45) is 3.62. The number of nitrogens with one attached hydrogen (secondary N) is 3. The van der Waals surface area contributed by atoms with Gasteiger partial charge < -0.3 is 35.2 Å². The maximum absolute atomic E-state index is 15.4. The lowest BCUT2D eigenvalue weighted by atomic mass is 9.90. The molecule has 50 heavy (non-hydrogen) atoms. The van der Waals surface area contributed by atoms with Crippen LogP contribution in [0.3, 0.4) is 0 Å². The number of ether oxygens (including phenoxy) is 2. The van der Waals surface area contributed by atoms with Crippen LogP contribution in [-0.2, 0) is 9.59 Å². The lowest BCUT2D eigenvalue weighted by molar-refractivity contribution is -0.129. The van der Waals surface area contributed by atoms with E-state index in [1.165, 1.54) is 27.2 Å². The number of hydrogen-bond donors (Lipinski definition) is 3. The number of amides is 2. The predicted molar refractivity (Wildman–Crippen MR) is 191 cm³/mol. The fourth-order valence-electron chi connectivity index (χ4n) is 5.82. The number of rotatable bonds is 13. The van der Waals surface area contributed by atoms with Crippen LogP contribution >= 0.6 is 0 Å². The van der Waals surface area contributed by atoms with E-state index in [0.29, 0.717) is 54.6 Å². The van der Waals surface area contributed by atoms with Crippen molar-refractivity contribution in [2.75, 3.05) is 63.0 Å². The number of methoxy groups -OCH3 is 2. The number of halogens is 2. The molecule has 2 aromatic carbocycles. The number of hydrogen-bond acceptors (Lipinski definition) is 9. The van der Waals surface area contributed by atoms with Crippen LogP contribution in [-0.4, -0.2) is 74.9 Å². The second kappa shape index (κ2) is 16.3. The quantitative estimate of drug-likeness (QED) is 0.141. The molecule has 0 spiro atoms. The maximum Gasteiger partial charge on any atom is 0.247 e. The van der Waals surface area contributed by atoms with Gasteiger partial charge in [0.05, 0.1) is 25.6 Å². The van der Waals surface area contributed by atoms with Crippen molar-refractivity contribution in [3.63, 3.8) is 0 Å². The van der Waals surface area contributed by atoms with Crippen molar-refractivity contribution < 1.29 is 32.6 Å². The second-order valence-electron chi connectivity index (χ2n) is 11.9. The molecule has 4 rings (SSSR count). The van der Waals surface area contributed by atoms with Gasteiger partial charge in [-0.05, 0) is 55.2 Å². The Kier molecular flexibility index (Phi) is 12.2. The first kappa shape index (κ1) is 37.4. The van der Waals surface area contributed by atoms with E-state index in [-0.39, 0.29) is 28.9 Å². The molecule has 0 radical (unpaired) electrons. The molecule has 1 aromatic heterocycles. The highest BCUT2D eigenvalue weighted by Crippen LogP contribution is 2.36. The molecule has 1 saturated heterocycles. The van der Waals surface area contributed by atoms with Crippen LogP contribution < -0.4 is 30.3 Å². The molecule has 1 aliphatic heterocycles. The van der Waals surface area contributed by atoms with Gasteiger partial charge in [-0.15, -0.1) is 0 Å². The Balaban J connectivity index is 1.79. The van der Waals surface area contributed by atoms with Gasteiger partial charge in [-0.1, -0.05) is 20.4 Å². The fourth-order valence-corrected chi connectivity index (χ4v) is 5.82. The number of benzene rings is 2. The maximum atomic E-state index is 15.4. The van der Waals surface area contributed by atoms with E-state index in [1.807, 2.05) is 32.0 Å². The molecule has 2 heterocycles. The molecule has 13 heteroatoms. The molecule has 3 N–H and O–H groups in total. The van der Waals surface area contributed by atoms with Gasteiger partial charge in [-0.3, -0.25) is 14.4 Å². The van der Waals surface area contributed by atoms with Crippen molar-refractivity contribution in [2.45, 2.75) is 40.0 Å². The summed E-state index contributed by atoms with van der Waals surface area (Å²) in [5, 5.41) is 9.22. The lowest BCUT2D eigenvalue weighted by Gasteiger charge is -2.36. The Morgan fingerprint density at radius 1 is 1.00 bits per heavy atom. The summed E-state index contributed by atoms with van der Waals surface area (Å²) < 4.78 is 40.9. The van der Waals surface area contributed by atoms with Gasteiger partial charge in [0.2, 0.25) is 11.8 Å². The van der Waals surface area contributed by atoms with Crippen LogP contribution in [0.25, 0.3) is 5.70 Å². The third-order valence-electron chi connectivity index (χ3n) is 8.91. The standard InChI is InChI=1S/C37H44F2N6O5/c1-9-21(3)26-20-41-31(18-25(26)36(40-6)22(4)37(48)33-34(38)29(49-7)19-30(50-8)35(33)39)42-27-12-11-24(17-28(27)43-32(47)10-2)45-15-13-44(14-16-45)23(5)46/h10-12,17-21,40H,2,9,13-16H2,1,3-8H3,(H,41,42)(H,43,47)/b36-22-. The molecule has 1 atom stereocenters. The summed E-state index contributed by atoms with van der Waals surface area (Å²) in [6.45, 7) is 13.1. The van der Waals surface area contributed by atoms with Crippen molar-refractivity contribution >= 4 is 46.2 Å². The fraction of sp³-hybridized carbons (Fsp3) is 0.351. The van der Waals surface area contributed by atoms with Crippen molar-refractivity contribution in [1.29, 1.82) is 0 Å². The summed E-state index contributed by atoms with van der Waals surface area (Å²) in [6, 6.07) is 8.37. The number of carbonyl (C=O) groups is 3. The van der Waals surface area contributed by atoms with Gasteiger partial charge in [-0.25, -0.2) is 13.8 Å². The van der Waals surface area contributed by atoms with Gasteiger partial charge in [0.1, 0.15) is 11.4 Å². The molecule has 3 aromatic rings. The van der Waals surface area contributed by atoms with Crippen LogP contribution in [0, 0.1) is 11.6 Å². The van der Waals surface area contributed by atoms with Crippen LogP contribution in [0.4, 0.5) is 31.7 Å². The molecule has 1 aliphatic rings. The monoisotopic (exact) mass is 690 g/mol. The molecule has 266 valence electrons. The van der Waals surface area contributed by atoms with Crippen molar-refractivity contribution in [1.82, 2.24) is 15.2 Å². The first-order valence-electron chi connectivity index (χ1n) is 16.3. The number of Topliss-reactive ketones (excluding diaryl/α,β-unsaturated/α-hetero) is 1. The Labute approximate surface area is 291 Å². The first-order valence-corrected chi connectivity index (χ1v) is 16.3. The highest BCUT2D eigenvalue weighted by Gasteiger charge is 2.29. The topological polar surface area (TPSA) is 125 Å². The molecular formula is C37H44F2N6O5. The number of pyridine rings is 1. The molecule has 0 aliphatic carbocycles. The zero-order valence-electron chi connectivity index (χ0n) is 29.5. The van der Waals surface area contributed by atoms with E-state index < -0.39 is 28.9 Å². The molecule has 2 amide bonds.